The van der Waals surface area contributed by atoms with Crippen molar-refractivity contribution in [2.75, 3.05) is 13.3 Å². The maximum absolute atomic E-state index is 11.2. The summed E-state index contributed by atoms with van der Waals surface area (Å²) in [5.41, 5.74) is 0. The maximum Gasteiger partial charge on any atom is 0.355 e. The molecule has 5 heteroatoms. The Labute approximate surface area is 105 Å². The molecule has 0 saturated carbocycles. The van der Waals surface area contributed by atoms with E-state index < -0.39 is 7.60 Å². The first-order valence-electron chi connectivity index (χ1n) is 6.66. The Bertz CT molecular complexity index is 209. The first kappa shape index (κ1) is 17.1. The third-order valence-electron chi connectivity index (χ3n) is 2.74. The van der Waals surface area contributed by atoms with Gasteiger partial charge in [-0.15, -0.1) is 4.67 Å². The van der Waals surface area contributed by atoms with Gasteiger partial charge in [0.2, 0.25) is 0 Å². The average molecular weight is 266 g/mol. The Morgan fingerprint density at radius 2 is 1.41 bits per heavy atom. The molecular formula is C12H27O4P. The van der Waals surface area contributed by atoms with Crippen LogP contribution in [0.25, 0.3) is 0 Å². The summed E-state index contributed by atoms with van der Waals surface area (Å²) in [6.45, 7) is 2.22. The topological polar surface area (TPSA) is 55.8 Å². The van der Waals surface area contributed by atoms with Gasteiger partial charge in [-0.2, -0.15) is 0 Å². The van der Waals surface area contributed by atoms with E-state index in [0.29, 0.717) is 0 Å². The summed E-state index contributed by atoms with van der Waals surface area (Å²) < 4.78 is 15.5. The second kappa shape index (κ2) is 11.2. The number of hydrogen-bond donors (Lipinski definition) is 1. The monoisotopic (exact) mass is 266 g/mol. The lowest BCUT2D eigenvalue weighted by molar-refractivity contribution is -0.185. The summed E-state index contributed by atoms with van der Waals surface area (Å²) >= 11 is 0. The van der Waals surface area contributed by atoms with E-state index in [1.165, 1.54) is 45.6 Å². The molecule has 1 atom stereocenters. The lowest BCUT2D eigenvalue weighted by Crippen LogP contribution is -1.94. The molecule has 0 rings (SSSR count). The molecule has 0 radical (unpaired) electrons. The molecule has 4 nitrogen and oxygen atoms in total. The molecule has 0 spiro atoms. The predicted octanol–water partition coefficient (Wildman–Crippen LogP) is 4.28. The van der Waals surface area contributed by atoms with E-state index in [2.05, 4.69) is 16.5 Å². The van der Waals surface area contributed by atoms with Crippen LogP contribution in [0, 0.1) is 0 Å². The average Bonchev–Trinajstić information content (AvgIpc) is 2.27. The van der Waals surface area contributed by atoms with Crippen LogP contribution in [0.1, 0.15) is 64.7 Å². The molecule has 0 aromatic heterocycles. The highest BCUT2D eigenvalue weighted by Gasteiger charge is 2.18. The van der Waals surface area contributed by atoms with Crippen LogP contribution in [0.4, 0.5) is 0 Å². The molecule has 0 saturated heterocycles. The lowest BCUT2D eigenvalue weighted by atomic mass is 10.1. The smallest absolute Gasteiger partial charge is 0.323 e. The van der Waals surface area contributed by atoms with Crippen molar-refractivity contribution >= 4 is 7.60 Å². The van der Waals surface area contributed by atoms with Crippen LogP contribution in [0.2, 0.25) is 0 Å². The Morgan fingerprint density at radius 1 is 0.941 bits per heavy atom. The molecular weight excluding hydrogens is 239 g/mol. The second-order valence-corrected chi connectivity index (χ2v) is 6.30. The predicted molar refractivity (Wildman–Crippen MR) is 70.0 cm³/mol. The van der Waals surface area contributed by atoms with Crippen molar-refractivity contribution < 1.29 is 19.0 Å². The summed E-state index contributed by atoms with van der Waals surface area (Å²) in [4.78, 5) is 13.4. The van der Waals surface area contributed by atoms with Crippen LogP contribution in [0.15, 0.2) is 0 Å². The van der Waals surface area contributed by atoms with Gasteiger partial charge in [0, 0.05) is 0 Å². The standard InChI is InChI=1S/C12H27O4P/c1-3-4-5-6-7-8-9-10-11-12-17(13,14)16-15-2/h3-12H2,1-2H3,(H,13,14). The van der Waals surface area contributed by atoms with Gasteiger partial charge in [-0.3, -0.25) is 4.57 Å². The molecule has 0 aromatic carbocycles. The molecule has 104 valence electrons. The fourth-order valence-electron chi connectivity index (χ4n) is 1.78. The van der Waals surface area contributed by atoms with Gasteiger partial charge in [-0.05, 0) is 6.42 Å². The van der Waals surface area contributed by atoms with Crippen LogP contribution >= 0.6 is 7.60 Å². The van der Waals surface area contributed by atoms with Gasteiger partial charge in [0.1, 0.15) is 0 Å². The van der Waals surface area contributed by atoms with E-state index in [-0.39, 0.29) is 6.16 Å². The Kier molecular flexibility index (Phi) is 11.3. The molecule has 0 bridgehead atoms. The van der Waals surface area contributed by atoms with Crippen LogP contribution in [0.3, 0.4) is 0 Å². The fraction of sp³-hybridized carbons (Fsp3) is 1.00. The Balaban J connectivity index is 3.21. The zero-order chi connectivity index (χ0) is 13.0. The minimum atomic E-state index is -3.49. The van der Waals surface area contributed by atoms with E-state index >= 15 is 0 Å². The van der Waals surface area contributed by atoms with Gasteiger partial charge in [0.05, 0.1) is 13.3 Å². The molecule has 0 aromatic rings. The molecule has 0 aliphatic rings. The van der Waals surface area contributed by atoms with Crippen molar-refractivity contribution in [2.24, 2.45) is 0 Å². The van der Waals surface area contributed by atoms with Gasteiger partial charge in [-0.1, -0.05) is 58.3 Å². The maximum atomic E-state index is 11.2. The molecule has 0 fully saturated rings. The first-order valence-corrected chi connectivity index (χ1v) is 8.43. The summed E-state index contributed by atoms with van der Waals surface area (Å²) in [5.74, 6) is 0. The van der Waals surface area contributed by atoms with Crippen molar-refractivity contribution in [2.45, 2.75) is 64.7 Å². The second-order valence-electron chi connectivity index (χ2n) is 4.43. The molecule has 1 unspecified atom stereocenters. The van der Waals surface area contributed by atoms with Crippen LogP contribution < -0.4 is 0 Å². The minimum absolute atomic E-state index is 0.191. The zero-order valence-electron chi connectivity index (χ0n) is 11.2. The van der Waals surface area contributed by atoms with Gasteiger partial charge < -0.3 is 4.89 Å². The molecule has 0 heterocycles. The van der Waals surface area contributed by atoms with Gasteiger partial charge >= 0.3 is 7.60 Å². The molecule has 0 amide bonds. The van der Waals surface area contributed by atoms with E-state index in [0.717, 1.165) is 19.3 Å². The molecule has 1 N–H and O–H groups in total. The van der Waals surface area contributed by atoms with Crippen molar-refractivity contribution in [3.05, 3.63) is 0 Å². The van der Waals surface area contributed by atoms with E-state index in [1.807, 2.05) is 0 Å². The Morgan fingerprint density at radius 3 is 1.88 bits per heavy atom. The lowest BCUT2D eigenvalue weighted by Gasteiger charge is -2.08. The van der Waals surface area contributed by atoms with Crippen LogP contribution in [-0.2, 0) is 14.1 Å². The van der Waals surface area contributed by atoms with Gasteiger partial charge in [0.25, 0.3) is 0 Å². The third-order valence-corrected chi connectivity index (χ3v) is 4.00. The highest BCUT2D eigenvalue weighted by atomic mass is 31.2. The third kappa shape index (κ3) is 12.4. The fourth-order valence-corrected chi connectivity index (χ4v) is 2.71. The van der Waals surface area contributed by atoms with Crippen molar-refractivity contribution in [1.82, 2.24) is 0 Å². The number of hydrogen-bond acceptors (Lipinski definition) is 3. The van der Waals surface area contributed by atoms with Crippen molar-refractivity contribution in [1.29, 1.82) is 0 Å². The van der Waals surface area contributed by atoms with E-state index in [1.54, 1.807) is 0 Å². The summed E-state index contributed by atoms with van der Waals surface area (Å²) in [6, 6.07) is 0. The number of rotatable bonds is 12. The van der Waals surface area contributed by atoms with E-state index in [9.17, 15) is 9.46 Å². The zero-order valence-corrected chi connectivity index (χ0v) is 12.1. The normalized spacial score (nSPS) is 14.8. The SMILES string of the molecule is CCCCCCCCCCCP(=O)(O)OOC. The highest BCUT2D eigenvalue weighted by molar-refractivity contribution is 7.52. The number of unbranched alkanes of at least 4 members (excludes halogenated alkanes) is 8. The van der Waals surface area contributed by atoms with E-state index in [4.69, 9.17) is 0 Å². The summed E-state index contributed by atoms with van der Waals surface area (Å²) in [6.07, 6.45) is 10.8. The quantitative estimate of drug-likeness (QED) is 0.248. The summed E-state index contributed by atoms with van der Waals surface area (Å²) in [5, 5.41) is 0. The van der Waals surface area contributed by atoms with Crippen LogP contribution in [-0.4, -0.2) is 18.2 Å². The highest BCUT2D eigenvalue weighted by Crippen LogP contribution is 2.42. The molecule has 0 aliphatic carbocycles. The van der Waals surface area contributed by atoms with Crippen LogP contribution in [0.5, 0.6) is 0 Å². The van der Waals surface area contributed by atoms with Crippen molar-refractivity contribution in [3.63, 3.8) is 0 Å². The van der Waals surface area contributed by atoms with Gasteiger partial charge in [0.15, 0.2) is 0 Å². The minimum Gasteiger partial charge on any atom is -0.323 e. The summed E-state index contributed by atoms with van der Waals surface area (Å²) in [7, 11) is -2.24. The molecule has 0 aliphatic heterocycles. The van der Waals surface area contributed by atoms with Gasteiger partial charge in [-0.25, -0.2) is 4.89 Å². The first-order chi connectivity index (χ1) is 8.12. The van der Waals surface area contributed by atoms with Crippen molar-refractivity contribution in [3.8, 4) is 0 Å². The molecule has 17 heavy (non-hydrogen) atoms. The Hall–Kier alpha value is 0.110. The largest absolute Gasteiger partial charge is 0.355 e.